The van der Waals surface area contributed by atoms with E-state index in [4.69, 9.17) is 4.74 Å². The Kier molecular flexibility index (Phi) is 5.16. The molecule has 1 nitrogen and oxygen atoms in total. The molecule has 8 aliphatic carbocycles. The molecule has 8 unspecified atom stereocenters. The molecule has 2 heterocycles. The van der Waals surface area contributed by atoms with Crippen molar-refractivity contribution in [3.63, 3.8) is 0 Å². The molecule has 6 aromatic carbocycles. The molecule has 16 rings (SSSR count). The highest BCUT2D eigenvalue weighted by Crippen LogP contribution is 2.74. The highest BCUT2D eigenvalue weighted by molar-refractivity contribution is 5.62. The fourth-order valence-corrected chi connectivity index (χ4v) is 13.7. The highest BCUT2D eigenvalue weighted by atomic mass is 16.5. The van der Waals surface area contributed by atoms with Gasteiger partial charge in [-0.2, -0.15) is 0 Å². The molecule has 2 fully saturated rings. The van der Waals surface area contributed by atoms with Gasteiger partial charge >= 0.3 is 0 Å². The summed E-state index contributed by atoms with van der Waals surface area (Å²) in [7, 11) is 0. The van der Waals surface area contributed by atoms with E-state index in [-0.39, 0.29) is 12.2 Å². The Morgan fingerprint density at radius 2 is 0.520 bits per heavy atom. The zero-order valence-corrected chi connectivity index (χ0v) is 27.9. The van der Waals surface area contributed by atoms with E-state index in [9.17, 15) is 0 Å². The molecule has 1 saturated heterocycles. The fraction of sp³-hybridized carbons (Fsp3) is 0.265. The molecule has 0 spiro atoms. The van der Waals surface area contributed by atoms with Crippen molar-refractivity contribution in [2.75, 3.05) is 0 Å². The van der Waals surface area contributed by atoms with Crippen LogP contribution in [0.3, 0.4) is 0 Å². The lowest BCUT2D eigenvalue weighted by atomic mass is 9.50. The first-order chi connectivity index (χ1) is 24.9. The van der Waals surface area contributed by atoms with Crippen LogP contribution in [0.5, 0.6) is 0 Å². The van der Waals surface area contributed by atoms with Gasteiger partial charge in [0.25, 0.3) is 0 Å². The zero-order chi connectivity index (χ0) is 32.2. The van der Waals surface area contributed by atoms with Crippen molar-refractivity contribution in [1.82, 2.24) is 0 Å². The fourth-order valence-electron chi connectivity index (χ4n) is 13.7. The molecular weight excluding hydrogens is 605 g/mol. The standard InChI is InChI=1S/C25H20.C24H18O/c1-2-8-15-14(7-1)20-13-21(15)25-23-18-11-5-3-9-16(18)22(24(20)25)17-10-4-6-12-19(17)23;1-2-8-14-13(7-1)19-15-9-3-4-10-16(15)20(14)22-21(19)23-17-11-5-6-12-18(17)24(22)25-23/h1-12,20-25H,13H2;1-12,19-24H. The van der Waals surface area contributed by atoms with Crippen LogP contribution in [0.15, 0.2) is 146 Å². The highest BCUT2D eigenvalue weighted by Gasteiger charge is 2.64. The summed E-state index contributed by atoms with van der Waals surface area (Å²) in [5.74, 6) is 6.45. The minimum atomic E-state index is 0.264. The molecule has 6 aromatic rings. The minimum absolute atomic E-state index is 0.264. The SMILES string of the molecule is c1ccc2c(c1)C1CC2C2C3c4ccccc4C(c4ccccc43)C12.c1ccc2c(c1)C1OC2C2C3c4ccccc4C(c4ccccc43)C12. The largest absolute Gasteiger partial charge is 0.365 e. The molecule has 2 aliphatic heterocycles. The lowest BCUT2D eigenvalue weighted by Gasteiger charge is -2.53. The minimum Gasteiger partial charge on any atom is -0.365 e. The van der Waals surface area contributed by atoms with E-state index in [0.717, 1.165) is 23.7 Å². The van der Waals surface area contributed by atoms with Gasteiger partial charge in [-0.05, 0) is 96.9 Å². The van der Waals surface area contributed by atoms with Crippen molar-refractivity contribution in [2.24, 2.45) is 23.7 Å². The van der Waals surface area contributed by atoms with Crippen LogP contribution >= 0.6 is 0 Å². The van der Waals surface area contributed by atoms with Crippen molar-refractivity contribution >= 4 is 0 Å². The van der Waals surface area contributed by atoms with Crippen LogP contribution in [0, 0.1) is 23.7 Å². The maximum atomic E-state index is 6.63. The van der Waals surface area contributed by atoms with E-state index in [1.54, 1.807) is 55.6 Å². The molecule has 10 aliphatic rings. The maximum Gasteiger partial charge on any atom is 0.0878 e. The molecule has 8 bridgehead atoms. The molecule has 0 aromatic heterocycles. The van der Waals surface area contributed by atoms with Crippen LogP contribution < -0.4 is 0 Å². The molecule has 0 radical (unpaired) electrons. The predicted molar refractivity (Wildman–Crippen MR) is 197 cm³/mol. The van der Waals surface area contributed by atoms with E-state index in [1.165, 1.54) is 17.5 Å². The summed E-state index contributed by atoms with van der Waals surface area (Å²) in [5.41, 5.74) is 18.9. The van der Waals surface area contributed by atoms with Crippen molar-refractivity contribution in [3.05, 3.63) is 212 Å². The second kappa shape index (κ2) is 9.53. The van der Waals surface area contributed by atoms with Crippen LogP contribution in [-0.2, 0) is 4.74 Å². The van der Waals surface area contributed by atoms with E-state index in [2.05, 4.69) is 146 Å². The summed E-state index contributed by atoms with van der Waals surface area (Å²) < 4.78 is 6.63. The number of rotatable bonds is 0. The average molecular weight is 643 g/mol. The van der Waals surface area contributed by atoms with Gasteiger partial charge in [0.1, 0.15) is 0 Å². The van der Waals surface area contributed by atoms with Gasteiger partial charge in [0.05, 0.1) is 12.2 Å². The van der Waals surface area contributed by atoms with Gasteiger partial charge in [-0.3, -0.25) is 0 Å². The van der Waals surface area contributed by atoms with Crippen LogP contribution in [0.2, 0.25) is 0 Å². The zero-order valence-electron chi connectivity index (χ0n) is 27.9. The third kappa shape index (κ3) is 3.13. The van der Waals surface area contributed by atoms with Gasteiger partial charge in [-0.15, -0.1) is 0 Å². The Morgan fingerprint density at radius 3 is 0.820 bits per heavy atom. The summed E-state index contributed by atoms with van der Waals surface area (Å²) in [4.78, 5) is 0. The van der Waals surface area contributed by atoms with E-state index in [0.29, 0.717) is 35.5 Å². The Hall–Kier alpha value is -4.72. The van der Waals surface area contributed by atoms with E-state index >= 15 is 0 Å². The molecule has 1 saturated carbocycles. The molecule has 50 heavy (non-hydrogen) atoms. The quantitative estimate of drug-likeness (QED) is 0.160. The predicted octanol–water partition coefficient (Wildman–Crippen LogP) is 11.1. The summed E-state index contributed by atoms with van der Waals surface area (Å²) in [6, 6.07) is 55.1. The third-order valence-corrected chi connectivity index (χ3v) is 14.9. The molecule has 0 amide bonds. The van der Waals surface area contributed by atoms with Crippen LogP contribution in [0.4, 0.5) is 0 Å². The normalized spacial score (nSPS) is 35.0. The number of benzene rings is 6. The topological polar surface area (TPSA) is 9.23 Å². The monoisotopic (exact) mass is 642 g/mol. The second-order valence-electron chi connectivity index (χ2n) is 16.4. The second-order valence-corrected chi connectivity index (χ2v) is 16.4. The first-order valence-corrected chi connectivity index (χ1v) is 19.0. The smallest absolute Gasteiger partial charge is 0.0878 e. The van der Waals surface area contributed by atoms with E-state index in [1.807, 2.05) is 0 Å². The average Bonchev–Trinajstić information content (AvgIpc) is 3.98. The Bertz CT molecular complexity index is 1980. The maximum absolute atomic E-state index is 6.63. The number of fused-ring (bicyclic) bond motifs is 10. The number of hydrogen-bond acceptors (Lipinski definition) is 1. The van der Waals surface area contributed by atoms with Crippen molar-refractivity contribution in [2.45, 2.75) is 54.1 Å². The van der Waals surface area contributed by atoms with Gasteiger partial charge in [0, 0.05) is 35.5 Å². The van der Waals surface area contributed by atoms with Gasteiger partial charge < -0.3 is 4.74 Å². The first kappa shape index (κ1) is 27.1. The molecule has 8 atom stereocenters. The van der Waals surface area contributed by atoms with Gasteiger partial charge in [-0.1, -0.05) is 146 Å². The van der Waals surface area contributed by atoms with Gasteiger partial charge in [0.15, 0.2) is 0 Å². The summed E-state index contributed by atoms with van der Waals surface area (Å²) in [6.45, 7) is 0. The first-order valence-electron chi connectivity index (χ1n) is 19.0. The van der Waals surface area contributed by atoms with Gasteiger partial charge in [-0.25, -0.2) is 0 Å². The summed E-state index contributed by atoms with van der Waals surface area (Å²) >= 11 is 0. The Labute approximate surface area is 294 Å². The number of ether oxygens (including phenoxy) is 1. The van der Waals surface area contributed by atoms with Crippen molar-refractivity contribution in [1.29, 1.82) is 0 Å². The van der Waals surface area contributed by atoms with E-state index < -0.39 is 0 Å². The molecule has 0 N–H and O–H groups in total. The Balaban J connectivity index is 0.000000110. The molecular formula is C49H38O. The Morgan fingerprint density at radius 1 is 0.280 bits per heavy atom. The summed E-state index contributed by atoms with van der Waals surface area (Å²) in [5, 5.41) is 0. The van der Waals surface area contributed by atoms with Gasteiger partial charge in [0.2, 0.25) is 0 Å². The van der Waals surface area contributed by atoms with Crippen molar-refractivity contribution in [3.8, 4) is 0 Å². The van der Waals surface area contributed by atoms with Crippen molar-refractivity contribution < 1.29 is 4.74 Å². The molecule has 1 heteroatoms. The van der Waals surface area contributed by atoms with Crippen LogP contribution in [0.25, 0.3) is 0 Å². The molecule has 240 valence electrons. The lowest BCUT2D eigenvalue weighted by molar-refractivity contribution is 0.0533. The summed E-state index contributed by atoms with van der Waals surface area (Å²) in [6.07, 6.45) is 1.91. The van der Waals surface area contributed by atoms with Crippen LogP contribution in [-0.4, -0.2) is 0 Å². The third-order valence-electron chi connectivity index (χ3n) is 14.9. The lowest BCUT2D eigenvalue weighted by Crippen LogP contribution is -2.42. The van der Waals surface area contributed by atoms with Crippen LogP contribution in [0.1, 0.15) is 121 Å². The number of hydrogen-bond donors (Lipinski definition) is 0.